The van der Waals surface area contributed by atoms with Crippen LogP contribution in [-0.2, 0) is 6.54 Å². The normalized spacial score (nSPS) is 17.4. The number of rotatable bonds is 1. The number of hydrogen-bond acceptors (Lipinski definition) is 1. The van der Waals surface area contributed by atoms with Crippen LogP contribution in [-0.4, -0.2) is 4.57 Å². The quantitative estimate of drug-likeness (QED) is 0.712. The van der Waals surface area contributed by atoms with Crippen molar-refractivity contribution in [2.24, 2.45) is 0 Å². The lowest BCUT2D eigenvalue weighted by molar-refractivity contribution is -0.701. The highest BCUT2D eigenvalue weighted by atomic mass is 35.5. The largest absolute Gasteiger partial charge is 0.331 e. The van der Waals surface area contributed by atoms with Crippen LogP contribution in [0.15, 0.2) is 54.0 Å². The summed E-state index contributed by atoms with van der Waals surface area (Å²) < 4.78 is 2.29. The summed E-state index contributed by atoms with van der Waals surface area (Å²) in [5.41, 5.74) is 3.78. The average Bonchev–Trinajstić information content (AvgIpc) is 3.08. The fourth-order valence-corrected chi connectivity index (χ4v) is 4.02. The number of hydrogen-bond donors (Lipinski definition) is 1. The molecule has 4 heteroatoms. The van der Waals surface area contributed by atoms with E-state index in [0.29, 0.717) is 0 Å². The van der Waals surface area contributed by atoms with Gasteiger partial charge in [0.25, 0.3) is 0 Å². The van der Waals surface area contributed by atoms with Crippen LogP contribution in [0.5, 0.6) is 0 Å². The molecule has 2 nitrogen and oxygen atoms in total. The zero-order valence-electron chi connectivity index (χ0n) is 10.8. The third kappa shape index (κ3) is 1.82. The van der Waals surface area contributed by atoms with E-state index in [0.717, 1.165) is 11.6 Å². The second-order valence-electron chi connectivity index (χ2n) is 4.97. The predicted octanol–water partition coefficient (Wildman–Crippen LogP) is 3.36. The van der Waals surface area contributed by atoms with Gasteiger partial charge in [0.2, 0.25) is 0 Å². The van der Waals surface area contributed by atoms with E-state index >= 15 is 0 Å². The second kappa shape index (κ2) is 4.77. The van der Waals surface area contributed by atoms with Crippen molar-refractivity contribution in [2.45, 2.75) is 12.6 Å². The van der Waals surface area contributed by atoms with Crippen LogP contribution in [0.3, 0.4) is 0 Å². The molecule has 3 aromatic rings. The monoisotopic (exact) mass is 301 g/mol. The van der Waals surface area contributed by atoms with Crippen molar-refractivity contribution in [1.82, 2.24) is 4.57 Å². The maximum atomic E-state index is 6.40. The standard InChI is InChI=1S/C16H13ClN2S/c17-12-5-2-1-4-11(12)16-14-6-3-8-19(14)13-7-9-20-15(13)10-18-16/h1-9,16,18H,10H2/p+1. The minimum absolute atomic E-state index is 0.248. The maximum Gasteiger partial charge on any atom is 0.154 e. The lowest BCUT2D eigenvalue weighted by Gasteiger charge is -2.16. The van der Waals surface area contributed by atoms with E-state index in [1.807, 2.05) is 23.5 Å². The van der Waals surface area contributed by atoms with Gasteiger partial charge in [0.05, 0.1) is 21.3 Å². The lowest BCUT2D eigenvalue weighted by atomic mass is 10.0. The molecule has 20 heavy (non-hydrogen) atoms. The topological polar surface area (TPSA) is 21.5 Å². The molecule has 0 saturated carbocycles. The number of aromatic nitrogens is 1. The minimum Gasteiger partial charge on any atom is -0.331 e. The molecule has 1 unspecified atom stereocenters. The third-order valence-electron chi connectivity index (χ3n) is 3.86. The Morgan fingerprint density at radius 3 is 2.95 bits per heavy atom. The number of nitrogens with two attached hydrogens (primary N) is 1. The van der Waals surface area contributed by atoms with Crippen LogP contribution >= 0.6 is 22.9 Å². The van der Waals surface area contributed by atoms with Gasteiger partial charge in [-0.25, -0.2) is 0 Å². The Hall–Kier alpha value is -1.55. The van der Waals surface area contributed by atoms with Crippen LogP contribution in [0.1, 0.15) is 22.2 Å². The van der Waals surface area contributed by atoms with Crippen molar-refractivity contribution in [3.8, 4) is 5.69 Å². The lowest BCUT2D eigenvalue weighted by Crippen LogP contribution is -2.83. The van der Waals surface area contributed by atoms with Gasteiger partial charge in [-0.05, 0) is 29.6 Å². The van der Waals surface area contributed by atoms with Gasteiger partial charge in [-0.3, -0.25) is 0 Å². The number of quaternary nitrogens is 1. The molecule has 100 valence electrons. The van der Waals surface area contributed by atoms with Crippen molar-refractivity contribution in [1.29, 1.82) is 0 Å². The van der Waals surface area contributed by atoms with Crippen LogP contribution < -0.4 is 5.32 Å². The van der Waals surface area contributed by atoms with Gasteiger partial charge in [0.1, 0.15) is 6.54 Å². The third-order valence-corrected chi connectivity index (χ3v) is 5.14. The van der Waals surface area contributed by atoms with Gasteiger partial charge in [0, 0.05) is 11.8 Å². The van der Waals surface area contributed by atoms with Gasteiger partial charge in [-0.1, -0.05) is 29.8 Å². The molecule has 0 spiro atoms. The summed E-state index contributed by atoms with van der Waals surface area (Å²) in [6.07, 6.45) is 2.14. The van der Waals surface area contributed by atoms with Gasteiger partial charge < -0.3 is 9.88 Å². The smallest absolute Gasteiger partial charge is 0.154 e. The van der Waals surface area contributed by atoms with Crippen molar-refractivity contribution >= 4 is 22.9 Å². The molecule has 2 aromatic heterocycles. The molecule has 1 atom stereocenters. The van der Waals surface area contributed by atoms with E-state index in [2.05, 4.69) is 51.8 Å². The Balaban J connectivity index is 1.89. The fraction of sp³-hybridized carbons (Fsp3) is 0.125. The molecule has 0 amide bonds. The van der Waals surface area contributed by atoms with E-state index in [4.69, 9.17) is 11.6 Å². The molecule has 1 aliphatic rings. The summed E-state index contributed by atoms with van der Waals surface area (Å²) >= 11 is 8.23. The van der Waals surface area contributed by atoms with E-state index in [1.165, 1.54) is 21.8 Å². The first-order chi connectivity index (χ1) is 9.84. The Bertz CT molecular complexity index is 759. The van der Waals surface area contributed by atoms with Crippen LogP contribution in [0.4, 0.5) is 0 Å². The van der Waals surface area contributed by atoms with Crippen molar-refractivity contribution in [3.05, 3.63) is 75.2 Å². The van der Waals surface area contributed by atoms with E-state index in [9.17, 15) is 0 Å². The van der Waals surface area contributed by atoms with Crippen LogP contribution in [0, 0.1) is 0 Å². The maximum absolute atomic E-state index is 6.40. The molecule has 1 aliphatic heterocycles. The first-order valence-electron chi connectivity index (χ1n) is 6.66. The summed E-state index contributed by atoms with van der Waals surface area (Å²) in [6.45, 7) is 0.991. The molecule has 2 N–H and O–H groups in total. The summed E-state index contributed by atoms with van der Waals surface area (Å²) in [5.74, 6) is 0. The van der Waals surface area contributed by atoms with Crippen molar-refractivity contribution in [2.75, 3.05) is 0 Å². The summed E-state index contributed by atoms with van der Waals surface area (Å²) in [7, 11) is 0. The molecule has 3 heterocycles. The summed E-state index contributed by atoms with van der Waals surface area (Å²) in [4.78, 5) is 1.41. The second-order valence-corrected chi connectivity index (χ2v) is 6.38. The fourth-order valence-electron chi connectivity index (χ4n) is 2.93. The average molecular weight is 302 g/mol. The zero-order chi connectivity index (χ0) is 13.5. The van der Waals surface area contributed by atoms with Crippen LogP contribution in [0.25, 0.3) is 5.69 Å². The predicted molar refractivity (Wildman–Crippen MR) is 82.6 cm³/mol. The molecule has 0 saturated heterocycles. The number of benzene rings is 1. The first kappa shape index (κ1) is 12.2. The molecular formula is C16H14ClN2S+. The van der Waals surface area contributed by atoms with E-state index < -0.39 is 0 Å². The van der Waals surface area contributed by atoms with Crippen LogP contribution in [0.2, 0.25) is 5.02 Å². The molecule has 0 aliphatic carbocycles. The Morgan fingerprint density at radius 2 is 2.05 bits per heavy atom. The highest BCUT2D eigenvalue weighted by Crippen LogP contribution is 2.31. The number of nitrogens with zero attached hydrogens (tertiary/aromatic N) is 1. The molecular weight excluding hydrogens is 288 g/mol. The summed E-state index contributed by atoms with van der Waals surface area (Å²) in [5, 5.41) is 5.37. The number of thiophene rings is 1. The zero-order valence-corrected chi connectivity index (χ0v) is 12.4. The van der Waals surface area contributed by atoms with E-state index in [-0.39, 0.29) is 6.04 Å². The number of halogens is 1. The minimum atomic E-state index is 0.248. The van der Waals surface area contributed by atoms with E-state index in [1.54, 1.807) is 0 Å². The number of fused-ring (bicyclic) bond motifs is 3. The molecule has 4 rings (SSSR count). The molecule has 0 radical (unpaired) electrons. The van der Waals surface area contributed by atoms with Gasteiger partial charge >= 0.3 is 0 Å². The SMILES string of the molecule is Clc1ccccc1C1[NH2+]Cc2sccc2-n2cccc21. The summed E-state index contributed by atoms with van der Waals surface area (Å²) in [6, 6.07) is 14.9. The van der Waals surface area contributed by atoms with Crippen molar-refractivity contribution in [3.63, 3.8) is 0 Å². The molecule has 0 fully saturated rings. The molecule has 1 aromatic carbocycles. The Morgan fingerprint density at radius 1 is 1.15 bits per heavy atom. The molecule has 0 bridgehead atoms. The Kier molecular flexibility index (Phi) is 2.91. The van der Waals surface area contributed by atoms with Crippen molar-refractivity contribution < 1.29 is 5.32 Å². The van der Waals surface area contributed by atoms with Gasteiger partial charge in [-0.15, -0.1) is 11.3 Å². The van der Waals surface area contributed by atoms with Gasteiger partial charge in [0.15, 0.2) is 6.04 Å². The van der Waals surface area contributed by atoms with Gasteiger partial charge in [-0.2, -0.15) is 0 Å². The first-order valence-corrected chi connectivity index (χ1v) is 7.92. The Labute approximate surface area is 126 Å². The highest BCUT2D eigenvalue weighted by molar-refractivity contribution is 7.10. The highest BCUT2D eigenvalue weighted by Gasteiger charge is 2.27.